The fraction of sp³-hybridized carbons (Fsp3) is 0.227. The molecule has 0 saturated heterocycles. The van der Waals surface area contributed by atoms with Crippen molar-refractivity contribution in [2.75, 3.05) is 5.32 Å². The quantitative estimate of drug-likeness (QED) is 0.256. The largest absolute Gasteiger partial charge is 0.481 e. The van der Waals surface area contributed by atoms with E-state index in [1.54, 1.807) is 29.6 Å². The zero-order valence-electron chi connectivity index (χ0n) is 17.5. The standard InChI is InChI=1S/C22H17ClN4O6S/c23-14-6-2-1-5-13(14)11-31-22(30)24-16-12-34-27-15(16)9-10-18-26-20-21(33-18)32-17(25-20)7-3-4-8-19(28)29/h1-2,5-6,12H,3-4,7-8,11H2,(H,24,30)(H,28,29). The van der Waals surface area contributed by atoms with Gasteiger partial charge in [0.15, 0.2) is 5.69 Å². The molecule has 4 rings (SSSR count). The van der Waals surface area contributed by atoms with E-state index in [4.69, 9.17) is 30.3 Å². The maximum Gasteiger partial charge on any atom is 0.412 e. The number of hydrogen-bond acceptors (Lipinski definition) is 9. The summed E-state index contributed by atoms with van der Waals surface area (Å²) in [4.78, 5) is 31.1. The van der Waals surface area contributed by atoms with Crippen molar-refractivity contribution >= 4 is 52.3 Å². The summed E-state index contributed by atoms with van der Waals surface area (Å²) >= 11 is 7.18. The summed E-state index contributed by atoms with van der Waals surface area (Å²) in [5.74, 6) is 5.33. The maximum absolute atomic E-state index is 12.1. The number of carboxylic acid groups (broad SMARTS) is 1. The van der Waals surface area contributed by atoms with Crippen LogP contribution in [0.15, 0.2) is 38.5 Å². The second-order valence-corrected chi connectivity index (χ2v) is 7.99. The van der Waals surface area contributed by atoms with Gasteiger partial charge in [-0.15, -0.1) is 0 Å². The Labute approximate surface area is 202 Å². The summed E-state index contributed by atoms with van der Waals surface area (Å²) in [6, 6.07) is 7.07. The number of ether oxygens (including phenoxy) is 1. The van der Waals surface area contributed by atoms with E-state index >= 15 is 0 Å². The Hall–Kier alpha value is -3.88. The normalized spacial score (nSPS) is 10.6. The molecule has 3 heterocycles. The average molecular weight is 501 g/mol. The molecule has 0 spiro atoms. The summed E-state index contributed by atoms with van der Waals surface area (Å²) < 4.78 is 20.3. The van der Waals surface area contributed by atoms with Crippen LogP contribution in [0.2, 0.25) is 5.02 Å². The van der Waals surface area contributed by atoms with Gasteiger partial charge in [-0.25, -0.2) is 4.79 Å². The monoisotopic (exact) mass is 500 g/mol. The first-order valence-electron chi connectivity index (χ1n) is 10.1. The Kier molecular flexibility index (Phi) is 7.41. The number of aromatic nitrogens is 3. The first-order valence-corrected chi connectivity index (χ1v) is 11.3. The first-order chi connectivity index (χ1) is 16.5. The van der Waals surface area contributed by atoms with Crippen molar-refractivity contribution in [1.29, 1.82) is 0 Å². The van der Waals surface area contributed by atoms with Crippen LogP contribution in [0.1, 0.15) is 42.3 Å². The number of benzene rings is 1. The smallest absolute Gasteiger partial charge is 0.412 e. The molecule has 174 valence electrons. The average Bonchev–Trinajstić information content (AvgIpc) is 3.49. The van der Waals surface area contributed by atoms with E-state index in [0.29, 0.717) is 47.1 Å². The lowest BCUT2D eigenvalue weighted by Crippen LogP contribution is -2.14. The van der Waals surface area contributed by atoms with Crippen LogP contribution in [0.4, 0.5) is 10.5 Å². The zero-order chi connectivity index (χ0) is 23.9. The zero-order valence-corrected chi connectivity index (χ0v) is 19.1. The highest BCUT2D eigenvalue weighted by atomic mass is 35.5. The van der Waals surface area contributed by atoms with Gasteiger partial charge in [-0.2, -0.15) is 14.3 Å². The van der Waals surface area contributed by atoms with E-state index in [1.165, 1.54) is 0 Å². The van der Waals surface area contributed by atoms with Gasteiger partial charge in [0.05, 0.1) is 5.69 Å². The maximum atomic E-state index is 12.1. The van der Waals surface area contributed by atoms with Crippen molar-refractivity contribution < 1.29 is 28.3 Å². The third-order valence-corrected chi connectivity index (χ3v) is 5.46. The number of anilines is 1. The van der Waals surface area contributed by atoms with Gasteiger partial charge >= 0.3 is 17.8 Å². The summed E-state index contributed by atoms with van der Waals surface area (Å²) in [6.07, 6.45) is 1.07. The lowest BCUT2D eigenvalue weighted by molar-refractivity contribution is -0.137. The van der Waals surface area contributed by atoms with Crippen molar-refractivity contribution in [1.82, 2.24) is 14.3 Å². The SMILES string of the molecule is O=C(O)CCCCc1nc2nc(C#Cc3nscc3NC(=O)OCc3ccccc3Cl)oc2o1. The molecule has 34 heavy (non-hydrogen) atoms. The van der Waals surface area contributed by atoms with Crippen LogP contribution >= 0.6 is 23.1 Å². The van der Waals surface area contributed by atoms with Gasteiger partial charge in [-0.1, -0.05) is 29.8 Å². The van der Waals surface area contributed by atoms with Gasteiger partial charge in [0, 0.05) is 34.7 Å². The summed E-state index contributed by atoms with van der Waals surface area (Å²) in [5.41, 5.74) is 1.67. The number of nitrogens with zero attached hydrogens (tertiary/aromatic N) is 3. The molecule has 0 unspecified atom stereocenters. The van der Waals surface area contributed by atoms with Gasteiger partial charge in [0.2, 0.25) is 11.5 Å². The number of amides is 1. The fourth-order valence-corrected chi connectivity index (χ4v) is 3.60. The Bertz CT molecular complexity index is 1350. The Morgan fingerprint density at radius 3 is 2.82 bits per heavy atom. The van der Waals surface area contributed by atoms with Crippen LogP contribution in [-0.4, -0.2) is 31.5 Å². The number of carboxylic acids is 1. The van der Waals surface area contributed by atoms with E-state index < -0.39 is 12.1 Å². The van der Waals surface area contributed by atoms with E-state index in [0.717, 1.165) is 11.5 Å². The van der Waals surface area contributed by atoms with Crippen molar-refractivity contribution in [2.45, 2.75) is 32.3 Å². The number of fused-ring (bicyclic) bond motifs is 1. The number of nitrogens with one attached hydrogen (secondary N) is 1. The van der Waals surface area contributed by atoms with Crippen LogP contribution in [0, 0.1) is 11.8 Å². The lowest BCUT2D eigenvalue weighted by atomic mass is 10.2. The molecule has 10 nitrogen and oxygen atoms in total. The van der Waals surface area contributed by atoms with Crippen LogP contribution in [0.3, 0.4) is 0 Å². The minimum atomic E-state index is -0.835. The van der Waals surface area contributed by atoms with Crippen LogP contribution in [-0.2, 0) is 22.6 Å². The predicted molar refractivity (Wildman–Crippen MR) is 123 cm³/mol. The van der Waals surface area contributed by atoms with Crippen molar-refractivity contribution in [3.05, 3.63) is 57.7 Å². The highest BCUT2D eigenvalue weighted by Crippen LogP contribution is 2.20. The number of aryl methyl sites for hydroxylation is 1. The third kappa shape index (κ3) is 6.12. The second kappa shape index (κ2) is 10.8. The van der Waals surface area contributed by atoms with Crippen molar-refractivity contribution in [3.8, 4) is 11.8 Å². The number of oxazole rings is 2. The topological polar surface area (TPSA) is 141 Å². The molecule has 3 aromatic heterocycles. The molecule has 2 N–H and O–H groups in total. The molecular formula is C22H17ClN4O6S. The first kappa shape index (κ1) is 23.3. The van der Waals surface area contributed by atoms with E-state index in [1.807, 2.05) is 0 Å². The molecule has 0 atom stereocenters. The van der Waals surface area contributed by atoms with Crippen molar-refractivity contribution in [3.63, 3.8) is 0 Å². The molecule has 0 bridgehead atoms. The van der Waals surface area contributed by atoms with Crippen LogP contribution < -0.4 is 5.32 Å². The lowest BCUT2D eigenvalue weighted by Gasteiger charge is -2.07. The van der Waals surface area contributed by atoms with Gasteiger partial charge in [-0.3, -0.25) is 10.1 Å². The van der Waals surface area contributed by atoms with Gasteiger partial charge in [0.25, 0.3) is 5.89 Å². The number of rotatable bonds is 8. The highest BCUT2D eigenvalue weighted by Gasteiger charge is 2.14. The molecule has 1 amide bonds. The van der Waals surface area contributed by atoms with E-state index in [-0.39, 0.29) is 30.3 Å². The molecule has 4 aromatic rings. The number of halogens is 1. The minimum absolute atomic E-state index is 0.0218. The molecule has 0 aliphatic carbocycles. The van der Waals surface area contributed by atoms with Gasteiger partial charge in [-0.05, 0) is 36.4 Å². The third-order valence-electron chi connectivity index (χ3n) is 4.46. The molecule has 0 aliphatic heterocycles. The highest BCUT2D eigenvalue weighted by molar-refractivity contribution is 7.04. The Morgan fingerprint density at radius 2 is 2.03 bits per heavy atom. The van der Waals surface area contributed by atoms with E-state index in [2.05, 4.69) is 31.5 Å². The molecule has 0 fully saturated rings. The van der Waals surface area contributed by atoms with Gasteiger partial charge < -0.3 is 18.7 Å². The minimum Gasteiger partial charge on any atom is -0.481 e. The predicted octanol–water partition coefficient (Wildman–Crippen LogP) is 4.87. The van der Waals surface area contributed by atoms with Crippen LogP contribution in [0.5, 0.6) is 0 Å². The van der Waals surface area contributed by atoms with Crippen LogP contribution in [0.25, 0.3) is 11.4 Å². The number of carbonyl (C=O) groups is 2. The molecule has 0 aliphatic rings. The number of hydrogen-bond donors (Lipinski definition) is 2. The molecule has 1 aromatic carbocycles. The molecular weight excluding hydrogens is 484 g/mol. The van der Waals surface area contributed by atoms with Gasteiger partial charge in [0.1, 0.15) is 6.61 Å². The number of carbonyl (C=O) groups excluding carboxylic acids is 1. The second-order valence-electron chi connectivity index (χ2n) is 6.96. The molecule has 0 radical (unpaired) electrons. The fourth-order valence-electron chi connectivity index (χ4n) is 2.83. The Balaban J connectivity index is 1.34. The Morgan fingerprint density at radius 1 is 1.18 bits per heavy atom. The number of aliphatic carboxylic acids is 1. The summed E-state index contributed by atoms with van der Waals surface area (Å²) in [5, 5.41) is 13.4. The summed E-state index contributed by atoms with van der Waals surface area (Å²) in [7, 11) is 0. The molecule has 0 saturated carbocycles. The van der Waals surface area contributed by atoms with Crippen molar-refractivity contribution in [2.24, 2.45) is 0 Å². The van der Waals surface area contributed by atoms with E-state index in [9.17, 15) is 9.59 Å². The molecule has 12 heteroatoms. The number of unbranched alkanes of at least 4 members (excludes halogenated alkanes) is 1. The summed E-state index contributed by atoms with van der Waals surface area (Å²) in [6.45, 7) is 0.0218.